The first-order valence-electron chi connectivity index (χ1n) is 9.48. The van der Waals surface area contributed by atoms with Crippen LogP contribution in [0.4, 0.5) is 10.2 Å². The molecule has 1 aliphatic rings. The van der Waals surface area contributed by atoms with Gasteiger partial charge in [0.05, 0.1) is 23.9 Å². The van der Waals surface area contributed by atoms with Gasteiger partial charge in [0.1, 0.15) is 11.9 Å². The maximum absolute atomic E-state index is 14.3. The average Bonchev–Trinajstić information content (AvgIpc) is 3.16. The first kappa shape index (κ1) is 20.0. The van der Waals surface area contributed by atoms with Gasteiger partial charge in [-0.1, -0.05) is 18.5 Å². The van der Waals surface area contributed by atoms with Crippen molar-refractivity contribution < 1.29 is 14.2 Å². The zero-order valence-corrected chi connectivity index (χ0v) is 16.7. The van der Waals surface area contributed by atoms with Crippen LogP contribution in [0.25, 0.3) is 22.4 Å². The molecule has 4 rings (SSSR count). The molecule has 3 aromatic heterocycles. The normalized spacial score (nSPS) is 18.8. The zero-order valence-electron chi connectivity index (χ0n) is 15.9. The summed E-state index contributed by atoms with van der Waals surface area (Å²) in [5.41, 5.74) is 1.33. The van der Waals surface area contributed by atoms with Gasteiger partial charge >= 0.3 is 0 Å². The predicted molar refractivity (Wildman–Crippen MR) is 108 cm³/mol. The number of nitrogens with zero attached hydrogens (tertiary/aromatic N) is 4. The lowest BCUT2D eigenvalue weighted by Crippen LogP contribution is -2.49. The van der Waals surface area contributed by atoms with Crippen LogP contribution in [0, 0.1) is 5.82 Å². The standard InChI is InChI=1S/C19H22ClFN6O2/c1-2-16(28)27-3-4-29-12(10-27)7-23-19-15(21)9-25-18(26-19)14-8-24-17-13(14)5-11(20)6-22-17/h5-6,8-9,12,16,28H,2-4,7,10H2,1H3,(H,22,24)(H,23,25,26). The van der Waals surface area contributed by atoms with Gasteiger partial charge in [0.25, 0.3) is 0 Å². The van der Waals surface area contributed by atoms with Gasteiger partial charge in [-0.3, -0.25) is 4.90 Å². The number of H-pyrrole nitrogens is 1. The van der Waals surface area contributed by atoms with Crippen LogP contribution < -0.4 is 5.32 Å². The van der Waals surface area contributed by atoms with Crippen molar-refractivity contribution in [2.45, 2.75) is 25.7 Å². The van der Waals surface area contributed by atoms with E-state index in [1.165, 1.54) is 0 Å². The molecule has 0 radical (unpaired) electrons. The maximum Gasteiger partial charge on any atom is 0.183 e. The van der Waals surface area contributed by atoms with Crippen molar-refractivity contribution in [2.75, 3.05) is 31.6 Å². The fourth-order valence-electron chi connectivity index (χ4n) is 3.39. The van der Waals surface area contributed by atoms with E-state index in [4.69, 9.17) is 16.3 Å². The van der Waals surface area contributed by atoms with Gasteiger partial charge in [-0.05, 0) is 12.5 Å². The number of morpholine rings is 1. The molecule has 1 saturated heterocycles. The second-order valence-electron chi connectivity index (χ2n) is 6.90. The Hall–Kier alpha value is -2.33. The average molecular weight is 421 g/mol. The minimum atomic E-state index is -0.550. The minimum Gasteiger partial charge on any atom is -0.378 e. The van der Waals surface area contributed by atoms with E-state index in [0.29, 0.717) is 54.7 Å². The Bertz CT molecular complexity index is 1000. The molecule has 3 aromatic rings. The van der Waals surface area contributed by atoms with E-state index in [1.807, 2.05) is 11.8 Å². The highest BCUT2D eigenvalue weighted by molar-refractivity contribution is 6.31. The highest BCUT2D eigenvalue weighted by Crippen LogP contribution is 2.28. The van der Waals surface area contributed by atoms with E-state index in [0.717, 1.165) is 11.6 Å². The molecule has 8 nitrogen and oxygen atoms in total. The Morgan fingerprint density at radius 2 is 2.31 bits per heavy atom. The fraction of sp³-hybridized carbons (Fsp3) is 0.421. The molecular formula is C19H22ClFN6O2. The first-order chi connectivity index (χ1) is 14.0. The number of nitrogens with one attached hydrogen (secondary N) is 2. The number of aromatic nitrogens is 4. The van der Waals surface area contributed by atoms with E-state index in [2.05, 4.69) is 25.3 Å². The molecule has 10 heteroatoms. The van der Waals surface area contributed by atoms with Crippen LogP contribution in [-0.4, -0.2) is 68.5 Å². The minimum absolute atomic E-state index is 0.0936. The van der Waals surface area contributed by atoms with Gasteiger partial charge in [0.2, 0.25) is 0 Å². The number of rotatable bonds is 6. The van der Waals surface area contributed by atoms with Gasteiger partial charge in [-0.25, -0.2) is 19.3 Å². The van der Waals surface area contributed by atoms with Crippen molar-refractivity contribution in [3.8, 4) is 11.4 Å². The summed E-state index contributed by atoms with van der Waals surface area (Å²) in [5.74, 6) is -0.0982. The predicted octanol–water partition coefficient (Wildman–Crippen LogP) is 2.65. The van der Waals surface area contributed by atoms with Gasteiger partial charge in [-0.2, -0.15) is 0 Å². The fourth-order valence-corrected chi connectivity index (χ4v) is 3.55. The van der Waals surface area contributed by atoms with E-state index in [1.54, 1.807) is 18.5 Å². The van der Waals surface area contributed by atoms with Crippen molar-refractivity contribution in [3.63, 3.8) is 0 Å². The van der Waals surface area contributed by atoms with Crippen LogP contribution in [-0.2, 0) is 4.74 Å². The lowest BCUT2D eigenvalue weighted by molar-refractivity contribution is -0.0897. The molecular weight excluding hydrogens is 399 g/mol. The summed E-state index contributed by atoms with van der Waals surface area (Å²) >= 11 is 6.05. The van der Waals surface area contributed by atoms with Crippen LogP contribution >= 0.6 is 11.6 Å². The molecule has 0 aromatic carbocycles. The zero-order chi connectivity index (χ0) is 20.4. The SMILES string of the molecule is CCC(O)N1CCOC(CNc2nc(-c3c[nH]c4ncc(Cl)cc34)ncc2F)C1. The lowest BCUT2D eigenvalue weighted by Gasteiger charge is -2.35. The quantitative estimate of drug-likeness (QED) is 0.563. The first-order valence-corrected chi connectivity index (χ1v) is 9.86. The summed E-state index contributed by atoms with van der Waals surface area (Å²) in [6.45, 7) is 4.05. The molecule has 0 bridgehead atoms. The highest BCUT2D eigenvalue weighted by atomic mass is 35.5. The second-order valence-corrected chi connectivity index (χ2v) is 7.34. The molecule has 3 N–H and O–H groups in total. The van der Waals surface area contributed by atoms with Crippen molar-refractivity contribution >= 4 is 28.5 Å². The van der Waals surface area contributed by atoms with E-state index < -0.39 is 12.0 Å². The number of anilines is 1. The van der Waals surface area contributed by atoms with Crippen LogP contribution in [0.2, 0.25) is 5.02 Å². The van der Waals surface area contributed by atoms with Crippen molar-refractivity contribution in [1.82, 2.24) is 24.8 Å². The number of ether oxygens (including phenoxy) is 1. The van der Waals surface area contributed by atoms with E-state index in [9.17, 15) is 9.50 Å². The maximum atomic E-state index is 14.3. The number of aliphatic hydroxyl groups excluding tert-OH is 1. The smallest absolute Gasteiger partial charge is 0.183 e. The molecule has 0 spiro atoms. The van der Waals surface area contributed by atoms with Gasteiger partial charge in [-0.15, -0.1) is 0 Å². The third kappa shape index (κ3) is 4.32. The summed E-state index contributed by atoms with van der Waals surface area (Å²) in [5, 5.41) is 14.3. The van der Waals surface area contributed by atoms with Crippen LogP contribution in [0.15, 0.2) is 24.7 Å². The van der Waals surface area contributed by atoms with E-state index in [-0.39, 0.29) is 11.9 Å². The molecule has 4 heterocycles. The topological polar surface area (TPSA) is 99.2 Å². The molecule has 154 valence electrons. The molecule has 0 saturated carbocycles. The summed E-state index contributed by atoms with van der Waals surface area (Å²) < 4.78 is 20.0. The summed E-state index contributed by atoms with van der Waals surface area (Å²) in [7, 11) is 0. The number of aliphatic hydroxyl groups is 1. The third-order valence-corrected chi connectivity index (χ3v) is 5.14. The number of pyridine rings is 1. The summed E-state index contributed by atoms with van der Waals surface area (Å²) in [6, 6.07) is 1.76. The van der Waals surface area contributed by atoms with Crippen molar-refractivity contribution in [3.05, 3.63) is 35.5 Å². The van der Waals surface area contributed by atoms with E-state index >= 15 is 0 Å². The summed E-state index contributed by atoms with van der Waals surface area (Å²) in [4.78, 5) is 17.7. The van der Waals surface area contributed by atoms with Crippen molar-refractivity contribution in [1.29, 1.82) is 0 Å². The molecule has 0 amide bonds. The molecule has 1 aliphatic heterocycles. The molecule has 2 unspecified atom stereocenters. The van der Waals surface area contributed by atoms with Gasteiger partial charge in [0.15, 0.2) is 17.5 Å². The largest absolute Gasteiger partial charge is 0.378 e. The number of halogens is 2. The Morgan fingerprint density at radius 1 is 1.45 bits per heavy atom. The molecule has 1 fully saturated rings. The number of hydrogen-bond donors (Lipinski definition) is 3. The third-order valence-electron chi connectivity index (χ3n) is 4.94. The second kappa shape index (κ2) is 8.58. The van der Waals surface area contributed by atoms with Gasteiger partial charge in [0, 0.05) is 43.0 Å². The van der Waals surface area contributed by atoms with Crippen LogP contribution in [0.5, 0.6) is 0 Å². The molecule has 0 aliphatic carbocycles. The highest BCUT2D eigenvalue weighted by Gasteiger charge is 2.24. The Labute approximate surface area is 172 Å². The molecule has 2 atom stereocenters. The monoisotopic (exact) mass is 420 g/mol. The lowest BCUT2D eigenvalue weighted by atomic mass is 10.2. The van der Waals surface area contributed by atoms with Crippen molar-refractivity contribution in [2.24, 2.45) is 0 Å². The number of hydrogen-bond acceptors (Lipinski definition) is 7. The Balaban J connectivity index is 1.51. The molecule has 29 heavy (non-hydrogen) atoms. The number of fused-ring (bicyclic) bond motifs is 1. The Kier molecular flexibility index (Phi) is 5.91. The summed E-state index contributed by atoms with van der Waals surface area (Å²) in [6.07, 6.45) is 4.37. The van der Waals surface area contributed by atoms with Crippen LogP contribution in [0.1, 0.15) is 13.3 Å². The van der Waals surface area contributed by atoms with Gasteiger partial charge < -0.3 is 20.1 Å². The Morgan fingerprint density at radius 3 is 3.14 bits per heavy atom. The number of aromatic amines is 1. The van der Waals surface area contributed by atoms with Crippen LogP contribution in [0.3, 0.4) is 0 Å².